The van der Waals surface area contributed by atoms with Gasteiger partial charge in [-0.1, -0.05) is 48.0 Å². The number of halogens is 2. The van der Waals surface area contributed by atoms with Crippen LogP contribution in [0.25, 0.3) is 16.9 Å². The Morgan fingerprint density at radius 3 is 2.40 bits per heavy atom. The van der Waals surface area contributed by atoms with E-state index in [0.717, 1.165) is 17.0 Å². The van der Waals surface area contributed by atoms with Crippen LogP contribution in [0, 0.1) is 12.7 Å². The van der Waals surface area contributed by atoms with Crippen LogP contribution in [-0.4, -0.2) is 18.9 Å². The number of nitrogens with zero attached hydrogens (tertiary/aromatic N) is 1. The van der Waals surface area contributed by atoms with Gasteiger partial charge in [-0.15, -0.1) is 0 Å². The minimum absolute atomic E-state index is 0.00262. The molecule has 0 radical (unpaired) electrons. The fourth-order valence-corrected chi connectivity index (χ4v) is 5.45. The number of ether oxygens (including phenoxy) is 1. The van der Waals surface area contributed by atoms with Crippen molar-refractivity contribution >= 4 is 27.5 Å². The van der Waals surface area contributed by atoms with Crippen molar-refractivity contribution in [2.45, 2.75) is 18.4 Å². The SMILES string of the molecule is Cc1ccc(-c2cc(Cl)ccc2OCc2ccc(F)cc2)n1-c1cccc(C(=O)NS(=O)(=O)c2ccccc2)c1. The van der Waals surface area contributed by atoms with Gasteiger partial charge >= 0.3 is 0 Å². The fourth-order valence-electron chi connectivity index (χ4n) is 4.29. The predicted molar refractivity (Wildman–Crippen MR) is 153 cm³/mol. The first-order valence-corrected chi connectivity index (χ1v) is 14.2. The minimum Gasteiger partial charge on any atom is -0.488 e. The Morgan fingerprint density at radius 2 is 1.65 bits per heavy atom. The summed E-state index contributed by atoms with van der Waals surface area (Å²) >= 11 is 6.37. The van der Waals surface area contributed by atoms with Gasteiger partial charge in [-0.2, -0.15) is 0 Å². The molecular weight excluding hydrogens is 551 g/mol. The normalized spacial score (nSPS) is 11.3. The summed E-state index contributed by atoms with van der Waals surface area (Å²) in [6.45, 7) is 2.14. The zero-order chi connectivity index (χ0) is 28.3. The monoisotopic (exact) mass is 574 g/mol. The van der Waals surface area contributed by atoms with Gasteiger partial charge in [0.15, 0.2) is 0 Å². The Bertz CT molecular complexity index is 1790. The second-order valence-electron chi connectivity index (χ2n) is 9.05. The number of nitrogens with one attached hydrogen (secondary N) is 1. The number of aromatic nitrogens is 1. The number of carbonyl (C=O) groups is 1. The molecule has 1 N–H and O–H groups in total. The summed E-state index contributed by atoms with van der Waals surface area (Å²) in [5.41, 5.74) is 3.96. The second kappa shape index (κ2) is 11.4. The van der Waals surface area contributed by atoms with Crippen molar-refractivity contribution in [1.82, 2.24) is 9.29 Å². The van der Waals surface area contributed by atoms with Crippen LogP contribution in [-0.2, 0) is 16.6 Å². The molecule has 0 atom stereocenters. The highest BCUT2D eigenvalue weighted by Gasteiger charge is 2.20. The van der Waals surface area contributed by atoms with Gasteiger partial charge in [-0.05, 0) is 85.3 Å². The Balaban J connectivity index is 1.47. The van der Waals surface area contributed by atoms with E-state index in [2.05, 4.69) is 4.72 Å². The van der Waals surface area contributed by atoms with Gasteiger partial charge < -0.3 is 9.30 Å². The smallest absolute Gasteiger partial charge is 0.265 e. The predicted octanol–water partition coefficient (Wildman–Crippen LogP) is 6.94. The molecule has 4 aromatic carbocycles. The first-order chi connectivity index (χ1) is 19.2. The molecule has 1 amide bonds. The number of hydrogen-bond donors (Lipinski definition) is 1. The first kappa shape index (κ1) is 27.2. The van der Waals surface area contributed by atoms with E-state index in [-0.39, 0.29) is 22.9 Å². The fraction of sp³-hybridized carbons (Fsp3) is 0.0645. The Hall–Kier alpha value is -4.40. The molecule has 0 saturated carbocycles. The maximum atomic E-state index is 13.3. The quantitative estimate of drug-likeness (QED) is 0.218. The molecule has 0 unspecified atom stereocenters. The van der Waals surface area contributed by atoms with Gasteiger partial charge in [0.05, 0.1) is 10.6 Å². The van der Waals surface area contributed by atoms with Crippen molar-refractivity contribution in [3.05, 3.63) is 137 Å². The molecule has 0 aliphatic rings. The molecule has 5 rings (SSSR count). The summed E-state index contributed by atoms with van der Waals surface area (Å²) in [4.78, 5) is 13.0. The average Bonchev–Trinajstić information content (AvgIpc) is 3.34. The molecule has 1 heterocycles. The van der Waals surface area contributed by atoms with Crippen LogP contribution in [0.1, 0.15) is 21.6 Å². The summed E-state index contributed by atoms with van der Waals surface area (Å²) in [7, 11) is -4.03. The van der Waals surface area contributed by atoms with Gasteiger partial charge in [0.25, 0.3) is 15.9 Å². The molecule has 0 spiro atoms. The molecule has 202 valence electrons. The van der Waals surface area contributed by atoms with Gasteiger partial charge in [0, 0.05) is 27.5 Å². The lowest BCUT2D eigenvalue weighted by Gasteiger charge is -2.17. The third-order valence-electron chi connectivity index (χ3n) is 6.25. The molecule has 1 aromatic heterocycles. The number of hydrogen-bond acceptors (Lipinski definition) is 4. The third kappa shape index (κ3) is 5.93. The number of sulfonamides is 1. The number of rotatable bonds is 8. The highest BCUT2D eigenvalue weighted by molar-refractivity contribution is 7.90. The van der Waals surface area contributed by atoms with Crippen LogP contribution >= 0.6 is 11.6 Å². The van der Waals surface area contributed by atoms with Crippen molar-refractivity contribution in [2.75, 3.05) is 0 Å². The maximum Gasteiger partial charge on any atom is 0.265 e. The number of benzene rings is 4. The molecule has 0 saturated heterocycles. The lowest BCUT2D eigenvalue weighted by Crippen LogP contribution is -2.30. The van der Waals surface area contributed by atoms with Crippen molar-refractivity contribution in [3.8, 4) is 22.7 Å². The van der Waals surface area contributed by atoms with Crippen molar-refractivity contribution in [1.29, 1.82) is 0 Å². The van der Waals surface area contributed by atoms with Gasteiger partial charge in [0.1, 0.15) is 18.2 Å². The zero-order valence-corrected chi connectivity index (χ0v) is 22.9. The van der Waals surface area contributed by atoms with Crippen molar-refractivity contribution in [3.63, 3.8) is 0 Å². The van der Waals surface area contributed by atoms with Crippen LogP contribution < -0.4 is 9.46 Å². The van der Waals surface area contributed by atoms with Crippen molar-refractivity contribution < 1.29 is 22.3 Å². The van der Waals surface area contributed by atoms with E-state index in [1.807, 2.05) is 29.7 Å². The zero-order valence-electron chi connectivity index (χ0n) is 21.3. The third-order valence-corrected chi connectivity index (χ3v) is 7.83. The second-order valence-corrected chi connectivity index (χ2v) is 11.2. The van der Waals surface area contributed by atoms with Gasteiger partial charge in [0.2, 0.25) is 0 Å². The van der Waals surface area contributed by atoms with E-state index in [4.69, 9.17) is 16.3 Å². The number of carbonyl (C=O) groups excluding carboxylic acids is 1. The molecule has 0 aliphatic heterocycles. The summed E-state index contributed by atoms with van der Waals surface area (Å²) < 4.78 is 48.9. The lowest BCUT2D eigenvalue weighted by atomic mass is 10.1. The van der Waals surface area contributed by atoms with E-state index < -0.39 is 15.9 Å². The summed E-state index contributed by atoms with van der Waals surface area (Å²) in [5, 5.41) is 0.508. The number of aryl methyl sites for hydroxylation is 1. The molecule has 0 fully saturated rings. The topological polar surface area (TPSA) is 77.4 Å². The van der Waals surface area contributed by atoms with Crippen LogP contribution in [0.15, 0.2) is 114 Å². The molecule has 6 nitrogen and oxygen atoms in total. The van der Waals surface area contributed by atoms with Crippen LogP contribution in [0.4, 0.5) is 4.39 Å². The lowest BCUT2D eigenvalue weighted by molar-refractivity contribution is 0.0981. The summed E-state index contributed by atoms with van der Waals surface area (Å²) in [6, 6.07) is 29.6. The van der Waals surface area contributed by atoms with E-state index in [0.29, 0.717) is 22.0 Å². The largest absolute Gasteiger partial charge is 0.488 e. The van der Waals surface area contributed by atoms with Gasteiger partial charge in [-0.25, -0.2) is 17.5 Å². The Morgan fingerprint density at radius 1 is 0.900 bits per heavy atom. The minimum atomic E-state index is -4.03. The first-order valence-electron chi connectivity index (χ1n) is 12.3. The van der Waals surface area contributed by atoms with Crippen LogP contribution in [0.3, 0.4) is 0 Å². The van der Waals surface area contributed by atoms with E-state index in [9.17, 15) is 17.6 Å². The molecular formula is C31H24ClFN2O4S. The molecule has 0 aliphatic carbocycles. The van der Waals surface area contributed by atoms with Gasteiger partial charge in [-0.3, -0.25) is 4.79 Å². The summed E-state index contributed by atoms with van der Waals surface area (Å²) in [6.07, 6.45) is 0. The molecule has 0 bridgehead atoms. The number of amides is 1. The van der Waals surface area contributed by atoms with Crippen LogP contribution in [0.5, 0.6) is 5.75 Å². The highest BCUT2D eigenvalue weighted by atomic mass is 35.5. The van der Waals surface area contributed by atoms with E-state index in [1.54, 1.807) is 66.7 Å². The maximum absolute atomic E-state index is 13.3. The average molecular weight is 575 g/mol. The highest BCUT2D eigenvalue weighted by Crippen LogP contribution is 2.36. The van der Waals surface area contributed by atoms with Crippen molar-refractivity contribution in [2.24, 2.45) is 0 Å². The molecule has 9 heteroatoms. The molecule has 40 heavy (non-hydrogen) atoms. The summed E-state index contributed by atoms with van der Waals surface area (Å²) in [5.74, 6) is -0.503. The van der Waals surface area contributed by atoms with Crippen LogP contribution in [0.2, 0.25) is 5.02 Å². The standard InChI is InChI=1S/C31H24ClFN2O4S/c1-21-10-16-29(28-19-24(32)13-17-30(28)39-20-22-11-14-25(33)15-12-22)35(21)26-7-5-6-23(18-26)31(36)34-40(37,38)27-8-3-2-4-9-27/h2-19H,20H2,1H3,(H,34,36). The Kier molecular flexibility index (Phi) is 7.73. The molecule has 5 aromatic rings. The Labute approximate surface area is 236 Å². The van der Waals surface area contributed by atoms with E-state index in [1.165, 1.54) is 24.3 Å². The van der Waals surface area contributed by atoms with E-state index >= 15 is 0 Å².